The van der Waals surface area contributed by atoms with E-state index in [1.54, 1.807) is 6.20 Å². The number of fused-ring (bicyclic) bond motifs is 1. The van der Waals surface area contributed by atoms with Gasteiger partial charge in [-0.05, 0) is 94.6 Å². The molecule has 0 aliphatic carbocycles. The van der Waals surface area contributed by atoms with E-state index in [0.29, 0.717) is 38.0 Å². The van der Waals surface area contributed by atoms with Crippen molar-refractivity contribution < 1.29 is 24.1 Å². The number of nitrogens with one attached hydrogen (secondary N) is 1. The van der Waals surface area contributed by atoms with Crippen molar-refractivity contribution in [2.24, 2.45) is 0 Å². The molecule has 3 aliphatic heterocycles. The van der Waals surface area contributed by atoms with Crippen LogP contribution in [-0.2, 0) is 19.0 Å². The summed E-state index contributed by atoms with van der Waals surface area (Å²) in [6.07, 6.45) is 4.32. The van der Waals surface area contributed by atoms with E-state index < -0.39 is 12.2 Å². The van der Waals surface area contributed by atoms with E-state index in [1.807, 2.05) is 26.0 Å². The summed E-state index contributed by atoms with van der Waals surface area (Å²) in [6.45, 7) is 9.26. The van der Waals surface area contributed by atoms with Crippen molar-refractivity contribution >= 4 is 34.1 Å². The third-order valence-corrected chi connectivity index (χ3v) is 8.45. The number of halogens is 1. The zero-order chi connectivity index (χ0) is 26.2. The molecule has 4 atom stereocenters. The van der Waals surface area contributed by atoms with Gasteiger partial charge in [0.05, 0.1) is 43.7 Å². The van der Waals surface area contributed by atoms with Gasteiger partial charge in [-0.25, -0.2) is 4.98 Å². The van der Waals surface area contributed by atoms with Gasteiger partial charge < -0.3 is 24.6 Å². The number of hydrogen-bond acceptors (Lipinski definition) is 7. The number of aliphatic hydroxyl groups is 1. The van der Waals surface area contributed by atoms with E-state index in [9.17, 15) is 9.90 Å². The normalized spacial score (nSPS) is 29.7. The number of aromatic nitrogens is 1. The summed E-state index contributed by atoms with van der Waals surface area (Å²) in [5.74, 6) is 0.662. The molecule has 2 aromatic rings. The van der Waals surface area contributed by atoms with Gasteiger partial charge in [0.25, 0.3) is 5.91 Å². The molecular formula is C28H38ClN3O5. The highest BCUT2D eigenvalue weighted by atomic mass is 35.5. The molecule has 1 amide bonds. The predicted molar refractivity (Wildman–Crippen MR) is 143 cm³/mol. The fourth-order valence-corrected chi connectivity index (χ4v) is 6.18. The largest absolute Gasteiger partial charge is 0.389 e. The highest BCUT2D eigenvalue weighted by molar-refractivity contribution is 6.32. The van der Waals surface area contributed by atoms with Crippen molar-refractivity contribution in [3.8, 4) is 0 Å². The van der Waals surface area contributed by atoms with Crippen LogP contribution in [-0.4, -0.2) is 83.8 Å². The predicted octanol–water partition coefficient (Wildman–Crippen LogP) is 4.13. The zero-order valence-electron chi connectivity index (χ0n) is 21.9. The lowest BCUT2D eigenvalue weighted by atomic mass is 9.85. The average molecular weight is 532 g/mol. The van der Waals surface area contributed by atoms with Crippen molar-refractivity contribution in [1.82, 2.24) is 9.88 Å². The van der Waals surface area contributed by atoms with Crippen LogP contribution in [0.5, 0.6) is 0 Å². The van der Waals surface area contributed by atoms with Gasteiger partial charge in [-0.1, -0.05) is 11.6 Å². The van der Waals surface area contributed by atoms with Gasteiger partial charge in [0.2, 0.25) is 0 Å². The number of pyridine rings is 1. The smallest absolute Gasteiger partial charge is 0.254 e. The Labute approximate surface area is 223 Å². The first-order chi connectivity index (χ1) is 17.7. The summed E-state index contributed by atoms with van der Waals surface area (Å²) in [7, 11) is 0. The van der Waals surface area contributed by atoms with Crippen LogP contribution in [0.3, 0.4) is 0 Å². The lowest BCUT2D eigenvalue weighted by Crippen LogP contribution is -2.56. The minimum atomic E-state index is -0.499. The Morgan fingerprint density at radius 2 is 1.97 bits per heavy atom. The number of carbonyl (C=O) groups is 1. The Morgan fingerprint density at radius 3 is 2.62 bits per heavy atom. The van der Waals surface area contributed by atoms with Gasteiger partial charge in [-0.15, -0.1) is 0 Å². The Morgan fingerprint density at radius 1 is 1.19 bits per heavy atom. The molecule has 5 rings (SSSR count). The van der Waals surface area contributed by atoms with Crippen molar-refractivity contribution in [3.63, 3.8) is 0 Å². The second-order valence-electron chi connectivity index (χ2n) is 11.1. The van der Waals surface area contributed by atoms with Crippen LogP contribution in [0.4, 0.5) is 5.82 Å². The van der Waals surface area contributed by atoms with Crippen LogP contribution in [0.25, 0.3) is 10.8 Å². The molecule has 0 saturated carbocycles. The maximum absolute atomic E-state index is 12.8. The lowest BCUT2D eigenvalue weighted by molar-refractivity contribution is -0.141. The number of hydrogen-bond donors (Lipinski definition) is 2. The standard InChI is InChI=1S/C28H38ClN3O5/c1-17(2)37-21-4-5-24(36-14-21)27(34)31-26-12-19-10-22(23(29)11-20(19)13-30-26)18-6-8-32(9-7-18)28(3)16-35-15-25(28)33/h10-13,17-18,21,24-25,33H,4-9,14-16H2,1-3H3,(H,30,31,34)/t21-,24+,25+,28-/m0/s1. The monoisotopic (exact) mass is 531 g/mol. The number of ether oxygens (including phenoxy) is 3. The fourth-order valence-electron chi connectivity index (χ4n) is 5.85. The molecule has 1 aromatic carbocycles. The average Bonchev–Trinajstić information content (AvgIpc) is 3.23. The molecule has 1 aromatic heterocycles. The third-order valence-electron chi connectivity index (χ3n) is 8.12. The number of likely N-dealkylation sites (tertiary alicyclic amines) is 1. The molecule has 3 aliphatic rings. The summed E-state index contributed by atoms with van der Waals surface area (Å²) < 4.78 is 17.1. The molecule has 202 valence electrons. The van der Waals surface area contributed by atoms with Crippen molar-refractivity contribution in [2.45, 2.75) is 82.3 Å². The van der Waals surface area contributed by atoms with Crippen molar-refractivity contribution in [3.05, 3.63) is 35.0 Å². The number of amides is 1. The number of benzene rings is 1. The molecule has 0 spiro atoms. The number of piperidine rings is 1. The van der Waals surface area contributed by atoms with E-state index in [1.165, 1.54) is 0 Å². The fraction of sp³-hybridized carbons (Fsp3) is 0.643. The molecule has 9 heteroatoms. The Hall–Kier alpha value is -1.81. The van der Waals surface area contributed by atoms with Gasteiger partial charge in [-0.2, -0.15) is 0 Å². The summed E-state index contributed by atoms with van der Waals surface area (Å²) in [4.78, 5) is 19.6. The van der Waals surface area contributed by atoms with Gasteiger partial charge >= 0.3 is 0 Å². The number of rotatable bonds is 6. The minimum Gasteiger partial charge on any atom is -0.389 e. The van der Waals surface area contributed by atoms with Crippen LogP contribution in [0.2, 0.25) is 5.02 Å². The first-order valence-electron chi connectivity index (χ1n) is 13.4. The van der Waals surface area contributed by atoms with Gasteiger partial charge in [0, 0.05) is 16.6 Å². The third kappa shape index (κ3) is 5.79. The molecule has 3 saturated heterocycles. The first kappa shape index (κ1) is 26.8. The van der Waals surface area contributed by atoms with Crippen LogP contribution in [0.1, 0.15) is 57.9 Å². The number of nitrogens with zero attached hydrogens (tertiary/aromatic N) is 2. The molecule has 4 heterocycles. The van der Waals surface area contributed by atoms with E-state index in [-0.39, 0.29) is 23.7 Å². The van der Waals surface area contributed by atoms with Gasteiger partial charge in [-0.3, -0.25) is 9.69 Å². The van der Waals surface area contributed by atoms with Crippen LogP contribution >= 0.6 is 11.6 Å². The molecule has 37 heavy (non-hydrogen) atoms. The Bertz CT molecular complexity index is 1110. The molecule has 0 bridgehead atoms. The summed E-state index contributed by atoms with van der Waals surface area (Å²) in [5, 5.41) is 16.0. The highest BCUT2D eigenvalue weighted by Gasteiger charge is 2.45. The molecular weight excluding hydrogens is 494 g/mol. The summed E-state index contributed by atoms with van der Waals surface area (Å²) in [5.41, 5.74) is 0.805. The summed E-state index contributed by atoms with van der Waals surface area (Å²) >= 11 is 6.72. The maximum atomic E-state index is 12.8. The number of carbonyl (C=O) groups excluding carboxylic acids is 1. The highest BCUT2D eigenvalue weighted by Crippen LogP contribution is 2.38. The quantitative estimate of drug-likeness (QED) is 0.579. The SMILES string of the molecule is CC(C)O[C@H]1CC[C@H](C(=O)Nc2cc3cc(C4CCN([C@@]5(C)COC[C@H]5O)CC4)c(Cl)cc3cn2)OC1. The Kier molecular flexibility index (Phi) is 8.05. The Balaban J connectivity index is 1.24. The van der Waals surface area contributed by atoms with E-state index >= 15 is 0 Å². The summed E-state index contributed by atoms with van der Waals surface area (Å²) in [6, 6.07) is 6.00. The van der Waals surface area contributed by atoms with Gasteiger partial charge in [0.15, 0.2) is 0 Å². The lowest BCUT2D eigenvalue weighted by Gasteiger charge is -2.43. The van der Waals surface area contributed by atoms with Crippen LogP contribution in [0, 0.1) is 0 Å². The van der Waals surface area contributed by atoms with E-state index in [0.717, 1.165) is 53.7 Å². The zero-order valence-corrected chi connectivity index (χ0v) is 22.7. The van der Waals surface area contributed by atoms with Crippen molar-refractivity contribution in [1.29, 1.82) is 0 Å². The topological polar surface area (TPSA) is 93.2 Å². The molecule has 8 nitrogen and oxygen atoms in total. The minimum absolute atomic E-state index is 0.0392. The maximum Gasteiger partial charge on any atom is 0.254 e. The van der Waals surface area contributed by atoms with Gasteiger partial charge in [0.1, 0.15) is 11.9 Å². The second-order valence-corrected chi connectivity index (χ2v) is 11.5. The molecule has 3 fully saturated rings. The van der Waals surface area contributed by atoms with E-state index in [4.69, 9.17) is 25.8 Å². The number of aliphatic hydroxyl groups excluding tert-OH is 1. The number of anilines is 1. The van der Waals surface area contributed by atoms with Crippen molar-refractivity contribution in [2.75, 3.05) is 38.2 Å². The molecule has 2 N–H and O–H groups in total. The van der Waals surface area contributed by atoms with Crippen LogP contribution < -0.4 is 5.32 Å². The first-order valence-corrected chi connectivity index (χ1v) is 13.8. The van der Waals surface area contributed by atoms with E-state index in [2.05, 4.69) is 28.2 Å². The molecule has 0 unspecified atom stereocenters. The molecule has 0 radical (unpaired) electrons. The van der Waals surface area contributed by atoms with Crippen LogP contribution in [0.15, 0.2) is 24.4 Å². The second kappa shape index (κ2) is 11.1.